The molecule has 5 aliphatic heterocycles. The van der Waals surface area contributed by atoms with Gasteiger partial charge in [0.25, 0.3) is 0 Å². The summed E-state index contributed by atoms with van der Waals surface area (Å²) >= 11 is 0. The summed E-state index contributed by atoms with van der Waals surface area (Å²) in [6, 6.07) is 15.4. The maximum absolute atomic E-state index is 6.61. The van der Waals surface area contributed by atoms with Crippen LogP contribution in [0.1, 0.15) is 86.7 Å². The Labute approximate surface area is 238 Å². The largest absolute Gasteiger partial charge is 0.461 e. The number of ether oxygens (including phenoxy) is 1. The summed E-state index contributed by atoms with van der Waals surface area (Å²) < 4.78 is 6.61. The molecule has 1 unspecified atom stereocenters. The first-order valence-corrected chi connectivity index (χ1v) is 16.0. The summed E-state index contributed by atoms with van der Waals surface area (Å²) in [4.78, 5) is 15.7. The Hall–Kier alpha value is -2.70. The van der Waals surface area contributed by atoms with Crippen molar-refractivity contribution in [1.29, 1.82) is 0 Å². The number of aryl methyl sites for hydroxylation is 1. The van der Waals surface area contributed by atoms with E-state index in [1.807, 2.05) is 0 Å². The van der Waals surface area contributed by atoms with Crippen LogP contribution in [0.15, 0.2) is 36.4 Å². The van der Waals surface area contributed by atoms with Crippen molar-refractivity contribution < 1.29 is 4.74 Å². The smallest absolute Gasteiger partial charge is 0.316 e. The van der Waals surface area contributed by atoms with Gasteiger partial charge in [0.2, 0.25) is 0 Å². The SMILES string of the molecule is CCc1cccc2cccc(N3CCc4c(nc(OCC56CCCN5CCC6)nc4C4C[C@H]5CC[C@@H](C4)N5)C3)c12. The molecule has 1 N–H and O–H groups in total. The highest BCUT2D eigenvalue weighted by Crippen LogP contribution is 2.42. The number of aromatic nitrogens is 2. The van der Waals surface area contributed by atoms with E-state index in [0.29, 0.717) is 24.0 Å². The van der Waals surface area contributed by atoms with Crippen LogP contribution in [-0.2, 0) is 19.4 Å². The van der Waals surface area contributed by atoms with Gasteiger partial charge in [0.1, 0.15) is 6.61 Å². The third kappa shape index (κ3) is 4.21. The molecule has 5 aliphatic rings. The van der Waals surface area contributed by atoms with E-state index >= 15 is 0 Å². The average Bonchev–Trinajstić information content (AvgIpc) is 3.68. The second-order valence-electron chi connectivity index (χ2n) is 13.1. The molecule has 6 heteroatoms. The van der Waals surface area contributed by atoms with E-state index < -0.39 is 0 Å². The Kier molecular flexibility index (Phi) is 6.25. The quantitative estimate of drug-likeness (QED) is 0.432. The van der Waals surface area contributed by atoms with E-state index in [2.05, 4.69) is 58.4 Å². The number of anilines is 1. The second-order valence-corrected chi connectivity index (χ2v) is 13.1. The van der Waals surface area contributed by atoms with Gasteiger partial charge in [-0.25, -0.2) is 0 Å². The maximum atomic E-state index is 6.61. The summed E-state index contributed by atoms with van der Waals surface area (Å²) in [6.45, 7) is 7.27. The zero-order valence-electron chi connectivity index (χ0n) is 24.0. The van der Waals surface area contributed by atoms with E-state index in [0.717, 1.165) is 32.5 Å². The summed E-state index contributed by atoms with van der Waals surface area (Å²) in [5.41, 5.74) is 6.88. The molecule has 8 rings (SSSR count). The summed E-state index contributed by atoms with van der Waals surface area (Å²) in [6.07, 6.45) is 12.1. The van der Waals surface area contributed by atoms with E-state index in [4.69, 9.17) is 14.7 Å². The monoisotopic (exact) mass is 537 g/mol. The maximum Gasteiger partial charge on any atom is 0.316 e. The average molecular weight is 538 g/mol. The van der Waals surface area contributed by atoms with E-state index in [1.54, 1.807) is 0 Å². The van der Waals surface area contributed by atoms with Crippen LogP contribution >= 0.6 is 0 Å². The number of rotatable bonds is 6. The highest BCUT2D eigenvalue weighted by molar-refractivity contribution is 5.97. The minimum Gasteiger partial charge on any atom is -0.461 e. The molecule has 210 valence electrons. The van der Waals surface area contributed by atoms with Crippen LogP contribution in [0.3, 0.4) is 0 Å². The van der Waals surface area contributed by atoms with Gasteiger partial charge in [0.15, 0.2) is 0 Å². The molecule has 0 radical (unpaired) electrons. The Bertz CT molecular complexity index is 1390. The molecule has 0 aliphatic carbocycles. The molecule has 4 saturated heterocycles. The molecule has 2 aromatic carbocycles. The fraction of sp³-hybridized carbons (Fsp3) is 0.588. The van der Waals surface area contributed by atoms with Gasteiger partial charge in [-0.1, -0.05) is 37.3 Å². The van der Waals surface area contributed by atoms with Crippen LogP contribution in [0.4, 0.5) is 5.69 Å². The highest BCUT2D eigenvalue weighted by atomic mass is 16.5. The van der Waals surface area contributed by atoms with Crippen molar-refractivity contribution in [1.82, 2.24) is 20.2 Å². The number of nitrogens with zero attached hydrogens (tertiary/aromatic N) is 4. The molecule has 0 amide bonds. The van der Waals surface area contributed by atoms with Gasteiger partial charge in [0.05, 0.1) is 23.5 Å². The van der Waals surface area contributed by atoms with E-state index in [9.17, 15) is 0 Å². The lowest BCUT2D eigenvalue weighted by atomic mass is 9.85. The van der Waals surface area contributed by atoms with Crippen molar-refractivity contribution >= 4 is 16.5 Å². The lowest BCUT2D eigenvalue weighted by molar-refractivity contribution is 0.107. The van der Waals surface area contributed by atoms with Crippen LogP contribution in [0.5, 0.6) is 6.01 Å². The van der Waals surface area contributed by atoms with Crippen LogP contribution in [-0.4, -0.2) is 58.7 Å². The predicted molar refractivity (Wildman–Crippen MR) is 160 cm³/mol. The summed E-state index contributed by atoms with van der Waals surface area (Å²) in [7, 11) is 0. The standard InChI is InChI=1S/C34H43N5O/c1-2-23-7-3-8-24-9-4-10-30(31(23)24)38-18-13-28-29(21-38)36-33(40-22-34-14-5-16-39(34)17-6-15-34)37-32(28)25-19-26-11-12-27(20-25)35-26/h3-4,7-10,25-27,35H,2,5-6,11-22H2,1H3/t25?,26-,27+. The van der Waals surface area contributed by atoms with Crippen molar-refractivity contribution in [3.8, 4) is 6.01 Å². The first-order chi connectivity index (χ1) is 19.7. The van der Waals surface area contributed by atoms with E-state index in [-0.39, 0.29) is 5.54 Å². The number of benzene rings is 2. The number of nitrogens with one attached hydrogen (secondary N) is 1. The zero-order chi connectivity index (χ0) is 26.7. The van der Waals surface area contributed by atoms with Gasteiger partial charge in [-0.3, -0.25) is 4.90 Å². The van der Waals surface area contributed by atoms with Crippen molar-refractivity contribution in [2.24, 2.45) is 0 Å². The first-order valence-electron chi connectivity index (χ1n) is 16.0. The van der Waals surface area contributed by atoms with Gasteiger partial charge in [-0.05, 0) is 99.9 Å². The molecule has 6 heterocycles. The fourth-order valence-corrected chi connectivity index (χ4v) is 8.94. The van der Waals surface area contributed by atoms with Crippen molar-refractivity contribution in [3.05, 3.63) is 58.9 Å². The fourth-order valence-electron chi connectivity index (χ4n) is 8.94. The van der Waals surface area contributed by atoms with Gasteiger partial charge >= 0.3 is 6.01 Å². The molecular formula is C34H43N5O. The molecule has 3 atom stereocenters. The van der Waals surface area contributed by atoms with Gasteiger partial charge in [-0.2, -0.15) is 9.97 Å². The molecule has 0 saturated carbocycles. The minimum absolute atomic E-state index is 0.207. The number of fused-ring (bicyclic) bond motifs is 5. The van der Waals surface area contributed by atoms with Gasteiger partial charge in [0, 0.05) is 35.6 Å². The third-order valence-corrected chi connectivity index (χ3v) is 10.9. The molecule has 3 aromatic rings. The Morgan fingerprint density at radius 1 is 0.975 bits per heavy atom. The topological polar surface area (TPSA) is 53.5 Å². The summed E-state index contributed by atoms with van der Waals surface area (Å²) in [5, 5.41) is 6.57. The van der Waals surface area contributed by atoms with Gasteiger partial charge < -0.3 is 15.0 Å². The van der Waals surface area contributed by atoms with Crippen molar-refractivity contribution in [3.63, 3.8) is 0 Å². The minimum atomic E-state index is 0.207. The molecule has 1 aromatic heterocycles. The Balaban J connectivity index is 1.15. The lowest BCUT2D eigenvalue weighted by Crippen LogP contribution is -2.43. The predicted octanol–water partition coefficient (Wildman–Crippen LogP) is 5.76. The molecule has 2 bridgehead atoms. The van der Waals surface area contributed by atoms with Crippen LogP contribution in [0.2, 0.25) is 0 Å². The Morgan fingerprint density at radius 3 is 2.52 bits per heavy atom. The van der Waals surface area contributed by atoms with Crippen LogP contribution in [0, 0.1) is 0 Å². The zero-order valence-corrected chi connectivity index (χ0v) is 24.0. The molecule has 4 fully saturated rings. The van der Waals surface area contributed by atoms with Crippen LogP contribution in [0.25, 0.3) is 10.8 Å². The molecule has 6 nitrogen and oxygen atoms in total. The van der Waals surface area contributed by atoms with Crippen LogP contribution < -0.4 is 15.0 Å². The van der Waals surface area contributed by atoms with Crippen molar-refractivity contribution in [2.75, 3.05) is 31.1 Å². The third-order valence-electron chi connectivity index (χ3n) is 10.9. The Morgan fingerprint density at radius 2 is 1.75 bits per heavy atom. The number of piperidine rings is 1. The van der Waals surface area contributed by atoms with Crippen molar-refractivity contribution in [2.45, 2.75) is 101 Å². The molecular weight excluding hydrogens is 494 g/mol. The van der Waals surface area contributed by atoms with E-state index in [1.165, 1.54) is 103 Å². The second kappa shape index (κ2) is 9.99. The molecule has 40 heavy (non-hydrogen) atoms. The number of hydrogen-bond donors (Lipinski definition) is 1. The molecule has 0 spiro atoms. The van der Waals surface area contributed by atoms with Gasteiger partial charge in [-0.15, -0.1) is 0 Å². The highest BCUT2D eigenvalue weighted by Gasteiger charge is 2.45. The summed E-state index contributed by atoms with van der Waals surface area (Å²) in [5.74, 6) is 0.515. The lowest BCUT2D eigenvalue weighted by Gasteiger charge is -2.35. The normalized spacial score (nSPS) is 27.2. The number of hydrogen-bond acceptors (Lipinski definition) is 6. The first kappa shape index (κ1) is 25.0.